The third-order valence-electron chi connectivity index (χ3n) is 3.67. The number of amides is 1. The molecule has 0 atom stereocenters. The van der Waals surface area contributed by atoms with Crippen molar-refractivity contribution in [3.05, 3.63) is 74.6 Å². The molecular formula is C18H14N2O6. The van der Waals surface area contributed by atoms with Crippen molar-refractivity contribution < 1.29 is 18.9 Å². The molecule has 0 saturated carbocycles. The minimum Gasteiger partial charge on any atom is -0.484 e. The Morgan fingerprint density at radius 2 is 1.96 bits per heavy atom. The molecule has 1 aromatic heterocycles. The number of rotatable bonds is 5. The van der Waals surface area contributed by atoms with E-state index < -0.39 is 16.5 Å². The zero-order valence-electron chi connectivity index (χ0n) is 13.7. The first kappa shape index (κ1) is 17.2. The first-order chi connectivity index (χ1) is 12.4. The van der Waals surface area contributed by atoms with Gasteiger partial charge >= 0.3 is 5.63 Å². The Balaban J connectivity index is 1.68. The molecule has 0 aliphatic heterocycles. The Hall–Kier alpha value is -3.68. The molecule has 1 N–H and O–H groups in total. The van der Waals surface area contributed by atoms with E-state index in [0.717, 1.165) is 5.39 Å². The van der Waals surface area contributed by atoms with Gasteiger partial charge in [0.15, 0.2) is 6.61 Å². The van der Waals surface area contributed by atoms with Gasteiger partial charge in [0.2, 0.25) is 0 Å². The zero-order valence-corrected chi connectivity index (χ0v) is 13.7. The molecule has 132 valence electrons. The van der Waals surface area contributed by atoms with E-state index in [1.807, 2.05) is 0 Å². The molecule has 0 aliphatic carbocycles. The second-order valence-corrected chi connectivity index (χ2v) is 5.55. The number of ether oxygens (including phenoxy) is 1. The van der Waals surface area contributed by atoms with E-state index in [-0.39, 0.29) is 12.3 Å². The number of carbonyl (C=O) groups is 1. The highest BCUT2D eigenvalue weighted by Gasteiger charge is 2.12. The van der Waals surface area contributed by atoms with E-state index in [1.165, 1.54) is 24.3 Å². The summed E-state index contributed by atoms with van der Waals surface area (Å²) in [6, 6.07) is 12.0. The van der Waals surface area contributed by atoms with Gasteiger partial charge in [0.05, 0.1) is 10.6 Å². The maximum absolute atomic E-state index is 12.1. The largest absolute Gasteiger partial charge is 0.484 e. The minimum atomic E-state index is -0.533. The molecule has 0 fully saturated rings. The number of anilines is 1. The minimum absolute atomic E-state index is 0.114. The van der Waals surface area contributed by atoms with Crippen LogP contribution in [0.2, 0.25) is 0 Å². The summed E-state index contributed by atoms with van der Waals surface area (Å²) in [6.07, 6.45) is 0. The molecule has 8 heteroatoms. The van der Waals surface area contributed by atoms with Crippen molar-refractivity contribution in [1.29, 1.82) is 0 Å². The number of nitro groups is 1. The lowest BCUT2D eigenvalue weighted by Crippen LogP contribution is -2.20. The van der Waals surface area contributed by atoms with Crippen molar-refractivity contribution in [2.45, 2.75) is 6.92 Å². The summed E-state index contributed by atoms with van der Waals surface area (Å²) in [5, 5.41) is 14.1. The van der Waals surface area contributed by atoms with Crippen LogP contribution in [0.15, 0.2) is 57.7 Å². The molecule has 0 spiro atoms. The summed E-state index contributed by atoms with van der Waals surface area (Å²) in [5.74, 6) is -0.110. The van der Waals surface area contributed by atoms with E-state index in [0.29, 0.717) is 22.6 Å². The van der Waals surface area contributed by atoms with Crippen LogP contribution in [-0.2, 0) is 4.79 Å². The molecule has 3 rings (SSSR count). The second-order valence-electron chi connectivity index (χ2n) is 5.55. The number of fused-ring (bicyclic) bond motifs is 1. The van der Waals surface area contributed by atoms with Crippen molar-refractivity contribution in [1.82, 2.24) is 0 Å². The molecule has 3 aromatic rings. The number of hydrogen-bond acceptors (Lipinski definition) is 6. The molecule has 0 bridgehead atoms. The maximum atomic E-state index is 12.1. The standard InChI is InChI=1S/C18H14N2O6/c1-11-2-5-13(20(23)24)8-15(11)19-17(21)10-25-14-6-3-12-4-7-18(22)26-16(12)9-14/h2-9H,10H2,1H3,(H,19,21). The van der Waals surface area contributed by atoms with Gasteiger partial charge in [0.25, 0.3) is 11.6 Å². The zero-order chi connectivity index (χ0) is 18.7. The van der Waals surface area contributed by atoms with Crippen LogP contribution in [-0.4, -0.2) is 17.4 Å². The van der Waals surface area contributed by atoms with Gasteiger partial charge in [-0.25, -0.2) is 4.79 Å². The fourth-order valence-electron chi connectivity index (χ4n) is 2.32. The Bertz CT molecular complexity index is 1060. The fourth-order valence-corrected chi connectivity index (χ4v) is 2.32. The topological polar surface area (TPSA) is 112 Å². The van der Waals surface area contributed by atoms with Crippen LogP contribution < -0.4 is 15.7 Å². The first-order valence-electron chi connectivity index (χ1n) is 7.64. The van der Waals surface area contributed by atoms with Crippen molar-refractivity contribution in [3.8, 4) is 5.75 Å². The lowest BCUT2D eigenvalue weighted by atomic mass is 10.2. The molecule has 8 nitrogen and oxygen atoms in total. The van der Waals surface area contributed by atoms with Crippen LogP contribution in [0.3, 0.4) is 0 Å². The number of benzene rings is 2. The first-order valence-corrected chi connectivity index (χ1v) is 7.64. The predicted octanol–water partition coefficient (Wildman–Crippen LogP) is 3.03. The number of nitro benzene ring substituents is 1. The lowest BCUT2D eigenvalue weighted by molar-refractivity contribution is -0.384. The normalized spacial score (nSPS) is 10.5. The summed E-state index contributed by atoms with van der Waals surface area (Å²) < 4.78 is 10.5. The summed E-state index contributed by atoms with van der Waals surface area (Å²) >= 11 is 0. The number of nitrogens with one attached hydrogen (secondary N) is 1. The van der Waals surface area contributed by atoms with E-state index in [2.05, 4.69) is 5.32 Å². The number of non-ortho nitro benzene ring substituents is 1. The second kappa shape index (κ2) is 7.06. The predicted molar refractivity (Wildman–Crippen MR) is 94.4 cm³/mol. The van der Waals surface area contributed by atoms with Crippen LogP contribution >= 0.6 is 0 Å². The van der Waals surface area contributed by atoms with E-state index in [1.54, 1.807) is 31.2 Å². The maximum Gasteiger partial charge on any atom is 0.336 e. The van der Waals surface area contributed by atoms with Crippen molar-refractivity contribution in [2.24, 2.45) is 0 Å². The fraction of sp³-hybridized carbons (Fsp3) is 0.111. The van der Waals surface area contributed by atoms with Crippen molar-refractivity contribution in [3.63, 3.8) is 0 Å². The summed E-state index contributed by atoms with van der Waals surface area (Å²) in [5.41, 5.74) is 0.795. The summed E-state index contributed by atoms with van der Waals surface area (Å²) in [7, 11) is 0. The smallest absolute Gasteiger partial charge is 0.336 e. The number of hydrogen-bond donors (Lipinski definition) is 1. The van der Waals surface area contributed by atoms with Crippen molar-refractivity contribution >= 4 is 28.3 Å². The number of nitrogens with zero attached hydrogens (tertiary/aromatic N) is 1. The SMILES string of the molecule is Cc1ccc([N+](=O)[O-])cc1NC(=O)COc1ccc2ccc(=O)oc2c1. The number of aryl methyl sites for hydroxylation is 1. The Morgan fingerprint density at radius 1 is 1.19 bits per heavy atom. The molecular weight excluding hydrogens is 340 g/mol. The van der Waals surface area contributed by atoms with Crippen LogP contribution in [0, 0.1) is 17.0 Å². The molecule has 26 heavy (non-hydrogen) atoms. The van der Waals surface area contributed by atoms with Crippen LogP contribution in [0.1, 0.15) is 5.56 Å². The third kappa shape index (κ3) is 3.86. The highest BCUT2D eigenvalue weighted by molar-refractivity contribution is 5.93. The molecule has 0 radical (unpaired) electrons. The van der Waals surface area contributed by atoms with Gasteiger partial charge in [-0.15, -0.1) is 0 Å². The van der Waals surface area contributed by atoms with E-state index >= 15 is 0 Å². The van der Waals surface area contributed by atoms with Gasteiger partial charge in [0.1, 0.15) is 11.3 Å². The average molecular weight is 354 g/mol. The molecule has 0 unspecified atom stereocenters. The van der Waals surface area contributed by atoms with Gasteiger partial charge in [-0.3, -0.25) is 14.9 Å². The van der Waals surface area contributed by atoms with Crippen LogP contribution in [0.4, 0.5) is 11.4 Å². The van der Waals surface area contributed by atoms with Crippen molar-refractivity contribution in [2.75, 3.05) is 11.9 Å². The molecule has 2 aromatic carbocycles. The average Bonchev–Trinajstić information content (AvgIpc) is 2.61. The van der Waals surface area contributed by atoms with Crippen LogP contribution in [0.5, 0.6) is 5.75 Å². The van der Waals surface area contributed by atoms with Gasteiger partial charge < -0.3 is 14.5 Å². The third-order valence-corrected chi connectivity index (χ3v) is 3.67. The van der Waals surface area contributed by atoms with Gasteiger partial charge in [-0.2, -0.15) is 0 Å². The van der Waals surface area contributed by atoms with Gasteiger partial charge in [0, 0.05) is 29.7 Å². The Kier molecular flexibility index (Phi) is 4.66. The molecule has 1 heterocycles. The van der Waals surface area contributed by atoms with Gasteiger partial charge in [-0.05, 0) is 30.7 Å². The highest BCUT2D eigenvalue weighted by atomic mass is 16.6. The Labute approximate surface area is 147 Å². The molecule has 1 amide bonds. The Morgan fingerprint density at radius 3 is 2.73 bits per heavy atom. The lowest BCUT2D eigenvalue weighted by Gasteiger charge is -2.10. The quantitative estimate of drug-likeness (QED) is 0.428. The van der Waals surface area contributed by atoms with Crippen LogP contribution in [0.25, 0.3) is 11.0 Å². The van der Waals surface area contributed by atoms with Gasteiger partial charge in [-0.1, -0.05) is 6.07 Å². The molecule has 0 aliphatic rings. The number of carbonyl (C=O) groups excluding carboxylic acids is 1. The monoisotopic (exact) mass is 354 g/mol. The summed E-state index contributed by atoms with van der Waals surface area (Å²) in [4.78, 5) is 33.6. The molecule has 0 saturated heterocycles. The van der Waals surface area contributed by atoms with E-state index in [9.17, 15) is 19.7 Å². The highest BCUT2D eigenvalue weighted by Crippen LogP contribution is 2.22. The summed E-state index contributed by atoms with van der Waals surface area (Å²) in [6.45, 7) is 1.43. The van der Waals surface area contributed by atoms with E-state index in [4.69, 9.17) is 9.15 Å².